The minimum Gasteiger partial charge on any atom is -0.452 e. The monoisotopic (exact) mass is 490 g/mol. The third kappa shape index (κ3) is 6.22. The third-order valence-electron chi connectivity index (χ3n) is 5.05. The molecule has 1 heterocycles. The summed E-state index contributed by atoms with van der Waals surface area (Å²) in [6.07, 6.45) is 0.130. The summed E-state index contributed by atoms with van der Waals surface area (Å²) in [6.45, 7) is 1.22. The number of nitriles is 1. The molecule has 33 heavy (non-hydrogen) atoms. The third-order valence-corrected chi connectivity index (χ3v) is 7.27. The van der Waals surface area contributed by atoms with Gasteiger partial charge in [0.25, 0.3) is 5.91 Å². The molecule has 1 fully saturated rings. The van der Waals surface area contributed by atoms with Crippen LogP contribution in [0.3, 0.4) is 0 Å². The number of amides is 1. The van der Waals surface area contributed by atoms with E-state index < -0.39 is 28.5 Å². The fourth-order valence-corrected chi connectivity index (χ4v) is 4.96. The first-order chi connectivity index (χ1) is 15.8. The first-order valence-electron chi connectivity index (χ1n) is 10.2. The Labute approximate surface area is 197 Å². The topological polar surface area (TPSA) is 120 Å². The van der Waals surface area contributed by atoms with Crippen LogP contribution in [-0.2, 0) is 19.6 Å². The molecule has 1 aliphatic rings. The van der Waals surface area contributed by atoms with Crippen molar-refractivity contribution in [1.29, 1.82) is 5.26 Å². The van der Waals surface area contributed by atoms with E-state index in [4.69, 9.17) is 21.6 Å². The molecular weight excluding hydrogens is 468 g/mol. The van der Waals surface area contributed by atoms with Gasteiger partial charge < -0.3 is 15.0 Å². The van der Waals surface area contributed by atoms with Gasteiger partial charge in [0.05, 0.1) is 28.0 Å². The second-order valence-electron chi connectivity index (χ2n) is 7.20. The number of hydrogen-bond donors (Lipinski definition) is 1. The van der Waals surface area contributed by atoms with E-state index in [0.717, 1.165) is 11.8 Å². The molecule has 0 aliphatic carbocycles. The zero-order valence-electron chi connectivity index (χ0n) is 17.7. The Hall–Kier alpha value is -3.13. The molecule has 0 radical (unpaired) electrons. The van der Waals surface area contributed by atoms with E-state index in [1.807, 2.05) is 36.4 Å². The molecule has 0 saturated carbocycles. The molecule has 1 amide bonds. The highest BCUT2D eigenvalue weighted by molar-refractivity contribution is 7.89. The number of halogens is 1. The number of sulfonamides is 1. The number of carbonyl (C=O) groups excluding carboxylic acids is 2. The predicted octanol–water partition coefficient (Wildman–Crippen LogP) is 2.04. The number of para-hydroxylation sites is 1. The Bertz CT molecular complexity index is 1140. The van der Waals surface area contributed by atoms with Crippen molar-refractivity contribution in [3.63, 3.8) is 0 Å². The van der Waals surface area contributed by atoms with Crippen molar-refractivity contribution in [3.05, 3.63) is 59.1 Å². The van der Waals surface area contributed by atoms with Crippen molar-refractivity contribution < 1.29 is 22.7 Å². The quantitative estimate of drug-likeness (QED) is 0.444. The Morgan fingerprint density at radius 3 is 2.45 bits per heavy atom. The Kier molecular flexibility index (Phi) is 8.27. The number of rotatable bonds is 8. The normalized spacial score (nSPS) is 14.4. The van der Waals surface area contributed by atoms with Crippen molar-refractivity contribution in [2.45, 2.75) is 11.3 Å². The molecule has 3 rings (SSSR count). The van der Waals surface area contributed by atoms with Gasteiger partial charge in [-0.25, -0.2) is 13.2 Å². The van der Waals surface area contributed by atoms with Crippen LogP contribution in [0.2, 0.25) is 5.02 Å². The van der Waals surface area contributed by atoms with Crippen molar-refractivity contribution in [3.8, 4) is 6.07 Å². The lowest BCUT2D eigenvalue weighted by Crippen LogP contribution is -2.48. The van der Waals surface area contributed by atoms with Gasteiger partial charge in [-0.3, -0.25) is 4.79 Å². The average molecular weight is 491 g/mol. The van der Waals surface area contributed by atoms with Crippen LogP contribution in [0.25, 0.3) is 0 Å². The van der Waals surface area contributed by atoms with Gasteiger partial charge in [0, 0.05) is 38.4 Å². The zero-order chi connectivity index (χ0) is 23.8. The summed E-state index contributed by atoms with van der Waals surface area (Å²) in [5, 5.41) is 10.9. The van der Waals surface area contributed by atoms with Crippen LogP contribution in [0, 0.1) is 11.3 Å². The van der Waals surface area contributed by atoms with E-state index in [-0.39, 0.29) is 28.4 Å². The molecule has 0 atom stereocenters. The molecule has 0 unspecified atom stereocenters. The standard InChI is InChI=1S/C22H23ClN4O5S/c23-20-8-7-18(15-19(20)22(29)32-16-21(28)25-10-4-9-24)33(30,31)27-13-11-26(12-14-27)17-5-2-1-3-6-17/h1-3,5-8,15H,4,10-14,16H2,(H,25,28). The summed E-state index contributed by atoms with van der Waals surface area (Å²) < 4.78 is 32.6. The molecule has 2 aromatic rings. The molecule has 0 bridgehead atoms. The first kappa shape index (κ1) is 24.5. The average Bonchev–Trinajstić information content (AvgIpc) is 2.83. The van der Waals surface area contributed by atoms with E-state index in [1.54, 1.807) is 0 Å². The van der Waals surface area contributed by atoms with Crippen molar-refractivity contribution in [2.24, 2.45) is 0 Å². The van der Waals surface area contributed by atoms with E-state index in [2.05, 4.69) is 10.2 Å². The van der Waals surface area contributed by atoms with Crippen LogP contribution in [0.1, 0.15) is 16.8 Å². The summed E-state index contributed by atoms with van der Waals surface area (Å²) in [7, 11) is -3.86. The summed E-state index contributed by atoms with van der Waals surface area (Å²) >= 11 is 6.08. The summed E-state index contributed by atoms with van der Waals surface area (Å²) in [4.78, 5) is 26.1. The van der Waals surface area contributed by atoms with Gasteiger partial charge in [0.1, 0.15) is 0 Å². The van der Waals surface area contributed by atoms with Crippen molar-refractivity contribution >= 4 is 39.2 Å². The number of esters is 1. The maximum atomic E-state index is 13.2. The van der Waals surface area contributed by atoms with E-state index in [9.17, 15) is 18.0 Å². The first-order valence-corrected chi connectivity index (χ1v) is 12.0. The fraction of sp³-hybridized carbons (Fsp3) is 0.318. The zero-order valence-corrected chi connectivity index (χ0v) is 19.3. The summed E-state index contributed by atoms with van der Waals surface area (Å²) in [6, 6.07) is 15.4. The van der Waals surface area contributed by atoms with Crippen LogP contribution in [0.15, 0.2) is 53.4 Å². The lowest BCUT2D eigenvalue weighted by molar-refractivity contribution is -0.124. The molecule has 0 spiro atoms. The second kappa shape index (κ2) is 11.1. The number of anilines is 1. The maximum Gasteiger partial charge on any atom is 0.340 e. The van der Waals surface area contributed by atoms with Crippen LogP contribution in [0.5, 0.6) is 0 Å². The van der Waals surface area contributed by atoms with Crippen LogP contribution < -0.4 is 10.2 Å². The van der Waals surface area contributed by atoms with E-state index in [1.165, 1.54) is 16.4 Å². The molecule has 9 nitrogen and oxygen atoms in total. The van der Waals surface area contributed by atoms with Gasteiger partial charge in [-0.15, -0.1) is 0 Å². The number of ether oxygens (including phenoxy) is 1. The lowest BCUT2D eigenvalue weighted by atomic mass is 10.2. The molecule has 1 saturated heterocycles. The molecule has 0 aromatic heterocycles. The number of nitrogens with zero attached hydrogens (tertiary/aromatic N) is 3. The molecule has 1 N–H and O–H groups in total. The Balaban J connectivity index is 1.66. The van der Waals surface area contributed by atoms with E-state index >= 15 is 0 Å². The highest BCUT2D eigenvalue weighted by atomic mass is 35.5. The Morgan fingerprint density at radius 2 is 1.79 bits per heavy atom. The highest BCUT2D eigenvalue weighted by Crippen LogP contribution is 2.25. The number of carbonyl (C=O) groups is 2. The minimum absolute atomic E-state index is 0.0118. The fourth-order valence-electron chi connectivity index (χ4n) is 3.31. The molecule has 2 aromatic carbocycles. The van der Waals surface area contributed by atoms with Crippen molar-refractivity contribution in [2.75, 3.05) is 44.2 Å². The lowest BCUT2D eigenvalue weighted by Gasteiger charge is -2.35. The smallest absolute Gasteiger partial charge is 0.340 e. The molecule has 174 valence electrons. The van der Waals surface area contributed by atoms with Gasteiger partial charge >= 0.3 is 5.97 Å². The van der Waals surface area contributed by atoms with Gasteiger partial charge in [-0.1, -0.05) is 29.8 Å². The second-order valence-corrected chi connectivity index (χ2v) is 9.55. The van der Waals surface area contributed by atoms with Gasteiger partial charge in [0.2, 0.25) is 10.0 Å². The highest BCUT2D eigenvalue weighted by Gasteiger charge is 2.30. The number of benzene rings is 2. The van der Waals surface area contributed by atoms with Crippen LogP contribution in [0.4, 0.5) is 5.69 Å². The molecule has 1 aliphatic heterocycles. The van der Waals surface area contributed by atoms with Gasteiger partial charge in [0.15, 0.2) is 6.61 Å². The van der Waals surface area contributed by atoms with E-state index in [0.29, 0.717) is 26.2 Å². The largest absolute Gasteiger partial charge is 0.452 e. The number of hydrogen-bond acceptors (Lipinski definition) is 7. The predicted molar refractivity (Wildman–Crippen MR) is 122 cm³/mol. The maximum absolute atomic E-state index is 13.2. The summed E-state index contributed by atoms with van der Waals surface area (Å²) in [5.41, 5.74) is 0.883. The van der Waals surface area contributed by atoms with Gasteiger partial charge in [-0.2, -0.15) is 9.57 Å². The number of piperazine rings is 1. The Morgan fingerprint density at radius 1 is 1.09 bits per heavy atom. The SMILES string of the molecule is N#CCCNC(=O)COC(=O)c1cc(S(=O)(=O)N2CCN(c3ccccc3)CC2)ccc1Cl. The number of nitrogens with one attached hydrogen (secondary N) is 1. The summed E-state index contributed by atoms with van der Waals surface area (Å²) in [5.74, 6) is -1.49. The van der Waals surface area contributed by atoms with Crippen molar-refractivity contribution in [1.82, 2.24) is 9.62 Å². The van der Waals surface area contributed by atoms with Crippen LogP contribution in [-0.4, -0.2) is 63.9 Å². The van der Waals surface area contributed by atoms with Gasteiger partial charge in [-0.05, 0) is 30.3 Å². The molecular formula is C22H23ClN4O5S. The molecule has 11 heteroatoms. The van der Waals surface area contributed by atoms with Crippen LogP contribution >= 0.6 is 11.6 Å². The minimum atomic E-state index is -3.86.